The molecule has 4 heteroatoms. The second-order valence-electron chi connectivity index (χ2n) is 6.82. The van der Waals surface area contributed by atoms with Crippen molar-refractivity contribution in [2.45, 2.75) is 59.3 Å². The summed E-state index contributed by atoms with van der Waals surface area (Å²) in [5.41, 5.74) is 0. The van der Waals surface area contributed by atoms with Gasteiger partial charge in [-0.15, -0.1) is 0 Å². The lowest BCUT2D eigenvalue weighted by Crippen LogP contribution is -2.40. The highest BCUT2D eigenvalue weighted by Crippen LogP contribution is 2.27. The fourth-order valence-corrected chi connectivity index (χ4v) is 3.09. The van der Waals surface area contributed by atoms with E-state index < -0.39 is 0 Å². The molecule has 1 fully saturated rings. The summed E-state index contributed by atoms with van der Waals surface area (Å²) in [6.45, 7) is 7.21. The monoisotopic (exact) mass is 297 g/mol. The Morgan fingerprint density at radius 2 is 1.71 bits per heavy atom. The molecule has 0 radical (unpaired) electrons. The number of methoxy groups -OCH3 is 1. The van der Waals surface area contributed by atoms with E-state index in [1.165, 1.54) is 39.2 Å². The lowest BCUT2D eigenvalue weighted by atomic mass is 9.86. The second-order valence-corrected chi connectivity index (χ2v) is 6.82. The number of ether oxygens (including phenoxy) is 1. The van der Waals surface area contributed by atoms with Crippen LogP contribution in [0.4, 0.5) is 0 Å². The van der Waals surface area contributed by atoms with Crippen LogP contribution in [-0.4, -0.2) is 37.0 Å². The van der Waals surface area contributed by atoms with Crippen LogP contribution in [0.2, 0.25) is 0 Å². The van der Waals surface area contributed by atoms with E-state index in [4.69, 9.17) is 4.74 Å². The number of carbonyl (C=O) groups excluding carboxylic acids is 2. The molecule has 0 aromatic rings. The minimum Gasteiger partial charge on any atom is -0.469 e. The molecule has 1 aliphatic carbocycles. The summed E-state index contributed by atoms with van der Waals surface area (Å²) < 4.78 is 4.77. The van der Waals surface area contributed by atoms with Crippen LogP contribution in [0, 0.1) is 17.8 Å². The molecule has 0 spiro atoms. The Morgan fingerprint density at radius 3 is 2.24 bits per heavy atom. The Labute approximate surface area is 129 Å². The highest BCUT2D eigenvalue weighted by molar-refractivity contribution is 5.78. The predicted octanol–water partition coefficient (Wildman–Crippen LogP) is 3.25. The Morgan fingerprint density at radius 1 is 1.10 bits per heavy atom. The molecule has 1 unspecified atom stereocenters. The Hall–Kier alpha value is -1.06. The van der Waals surface area contributed by atoms with Crippen LogP contribution in [0.3, 0.4) is 0 Å². The minimum absolute atomic E-state index is 0.200. The van der Waals surface area contributed by atoms with E-state index in [0.717, 1.165) is 0 Å². The molecule has 1 amide bonds. The van der Waals surface area contributed by atoms with Gasteiger partial charge in [0.25, 0.3) is 0 Å². The Bertz CT molecular complexity index is 335. The van der Waals surface area contributed by atoms with E-state index >= 15 is 0 Å². The zero-order valence-corrected chi connectivity index (χ0v) is 14.1. The third-order valence-electron chi connectivity index (χ3n) is 4.22. The average Bonchev–Trinajstić information content (AvgIpc) is 2.46. The number of hydrogen-bond acceptors (Lipinski definition) is 3. The molecule has 0 saturated heterocycles. The molecule has 1 atom stereocenters. The maximum atomic E-state index is 12.6. The van der Waals surface area contributed by atoms with Gasteiger partial charge < -0.3 is 9.64 Å². The van der Waals surface area contributed by atoms with Gasteiger partial charge >= 0.3 is 5.97 Å². The molecular weight excluding hydrogens is 266 g/mol. The number of esters is 1. The van der Waals surface area contributed by atoms with Crippen LogP contribution in [0.5, 0.6) is 0 Å². The van der Waals surface area contributed by atoms with Crippen LogP contribution >= 0.6 is 0 Å². The van der Waals surface area contributed by atoms with E-state index in [9.17, 15) is 9.59 Å². The molecule has 21 heavy (non-hydrogen) atoms. The van der Waals surface area contributed by atoms with Gasteiger partial charge in [0.15, 0.2) is 0 Å². The lowest BCUT2D eigenvalue weighted by Gasteiger charge is -2.29. The molecular formula is C17H31NO3. The number of nitrogens with zero attached hydrogens (tertiary/aromatic N) is 1. The van der Waals surface area contributed by atoms with E-state index in [2.05, 4.69) is 13.8 Å². The van der Waals surface area contributed by atoms with Crippen LogP contribution in [0.1, 0.15) is 59.3 Å². The number of hydrogen-bond donors (Lipinski definition) is 0. The summed E-state index contributed by atoms with van der Waals surface area (Å²) in [5.74, 6) is 0.643. The summed E-state index contributed by atoms with van der Waals surface area (Å²) in [7, 11) is 1.40. The Balaban J connectivity index is 2.57. The van der Waals surface area contributed by atoms with Crippen LogP contribution in [-0.2, 0) is 14.3 Å². The Kier molecular flexibility index (Phi) is 7.76. The maximum Gasteiger partial charge on any atom is 0.310 e. The quantitative estimate of drug-likeness (QED) is 0.678. The van der Waals surface area contributed by atoms with Gasteiger partial charge in [-0.25, -0.2) is 0 Å². The molecule has 1 aliphatic rings. The molecule has 4 nitrogen and oxygen atoms in total. The number of rotatable bonds is 7. The van der Waals surface area contributed by atoms with Crippen molar-refractivity contribution in [3.8, 4) is 0 Å². The van der Waals surface area contributed by atoms with Crippen molar-refractivity contribution >= 4 is 11.9 Å². The standard InChI is InChI=1S/C17H31NO3/c1-13(2)11-18(12-14(3)17(20)21-4)16(19)10-15-8-6-5-7-9-15/h13-15H,5-12H2,1-4H3. The summed E-state index contributed by atoms with van der Waals surface area (Å²) in [5, 5.41) is 0. The average molecular weight is 297 g/mol. The van der Waals surface area contributed by atoms with E-state index in [1.54, 1.807) is 0 Å². The molecule has 1 rings (SSSR count). The molecule has 1 saturated carbocycles. The van der Waals surface area contributed by atoms with Crippen molar-refractivity contribution < 1.29 is 14.3 Å². The third-order valence-corrected chi connectivity index (χ3v) is 4.22. The second kappa shape index (κ2) is 9.06. The first-order valence-corrected chi connectivity index (χ1v) is 8.29. The molecule has 0 aromatic carbocycles. The van der Waals surface area contributed by atoms with Gasteiger partial charge in [0.05, 0.1) is 13.0 Å². The zero-order valence-electron chi connectivity index (χ0n) is 14.1. The van der Waals surface area contributed by atoms with Gasteiger partial charge in [0.2, 0.25) is 5.91 Å². The van der Waals surface area contributed by atoms with E-state index in [-0.39, 0.29) is 17.8 Å². The molecule has 0 heterocycles. The molecule has 0 bridgehead atoms. The fraction of sp³-hybridized carbons (Fsp3) is 0.882. The minimum atomic E-state index is -0.260. The van der Waals surface area contributed by atoms with Gasteiger partial charge in [0, 0.05) is 19.5 Å². The van der Waals surface area contributed by atoms with Gasteiger partial charge in [0.1, 0.15) is 0 Å². The maximum absolute atomic E-state index is 12.6. The molecule has 122 valence electrons. The van der Waals surface area contributed by atoms with Crippen molar-refractivity contribution in [1.29, 1.82) is 0 Å². The lowest BCUT2D eigenvalue weighted by molar-refractivity contribution is -0.146. The highest BCUT2D eigenvalue weighted by Gasteiger charge is 2.25. The molecule has 0 N–H and O–H groups in total. The summed E-state index contributed by atoms with van der Waals surface area (Å²) in [4.78, 5) is 26.0. The largest absolute Gasteiger partial charge is 0.469 e. The molecule has 0 aromatic heterocycles. The van der Waals surface area contributed by atoms with Crippen LogP contribution in [0.15, 0.2) is 0 Å². The normalized spacial score (nSPS) is 17.6. The van der Waals surface area contributed by atoms with Crippen LogP contribution < -0.4 is 0 Å². The first-order chi connectivity index (χ1) is 9.93. The summed E-state index contributed by atoms with van der Waals surface area (Å²) in [6.07, 6.45) is 6.80. The smallest absolute Gasteiger partial charge is 0.310 e. The first-order valence-electron chi connectivity index (χ1n) is 8.29. The van der Waals surface area contributed by atoms with Crippen molar-refractivity contribution in [2.75, 3.05) is 20.2 Å². The fourth-order valence-electron chi connectivity index (χ4n) is 3.09. The van der Waals surface area contributed by atoms with Gasteiger partial charge in [-0.1, -0.05) is 40.0 Å². The first kappa shape index (κ1) is 18.0. The predicted molar refractivity (Wildman–Crippen MR) is 83.8 cm³/mol. The zero-order chi connectivity index (χ0) is 15.8. The number of amides is 1. The summed E-state index contributed by atoms with van der Waals surface area (Å²) in [6, 6.07) is 0. The summed E-state index contributed by atoms with van der Waals surface area (Å²) >= 11 is 0. The van der Waals surface area contributed by atoms with Gasteiger partial charge in [-0.3, -0.25) is 9.59 Å². The van der Waals surface area contributed by atoms with E-state index in [0.29, 0.717) is 31.3 Å². The van der Waals surface area contributed by atoms with Crippen molar-refractivity contribution in [1.82, 2.24) is 4.90 Å². The van der Waals surface area contributed by atoms with Crippen molar-refractivity contribution in [3.63, 3.8) is 0 Å². The van der Waals surface area contributed by atoms with Crippen molar-refractivity contribution in [3.05, 3.63) is 0 Å². The highest BCUT2D eigenvalue weighted by atomic mass is 16.5. The van der Waals surface area contributed by atoms with Gasteiger partial charge in [-0.2, -0.15) is 0 Å². The van der Waals surface area contributed by atoms with E-state index in [1.807, 2.05) is 11.8 Å². The third kappa shape index (κ3) is 6.49. The van der Waals surface area contributed by atoms with Gasteiger partial charge in [-0.05, 0) is 24.7 Å². The number of carbonyl (C=O) groups is 2. The topological polar surface area (TPSA) is 46.6 Å². The SMILES string of the molecule is COC(=O)C(C)CN(CC(C)C)C(=O)CC1CCCCC1. The van der Waals surface area contributed by atoms with Crippen molar-refractivity contribution in [2.24, 2.45) is 17.8 Å². The molecule has 0 aliphatic heterocycles. The van der Waals surface area contributed by atoms with Crippen LogP contribution in [0.25, 0.3) is 0 Å².